The van der Waals surface area contributed by atoms with Crippen LogP contribution in [0.3, 0.4) is 0 Å². The van der Waals surface area contributed by atoms with Gasteiger partial charge in [0, 0.05) is 5.69 Å². The molecule has 0 fully saturated rings. The second kappa shape index (κ2) is 7.43. The number of para-hydroxylation sites is 1. The summed E-state index contributed by atoms with van der Waals surface area (Å²) in [6.07, 6.45) is 1.40. The quantitative estimate of drug-likeness (QED) is 0.573. The van der Waals surface area contributed by atoms with E-state index in [-0.39, 0.29) is 18.0 Å². The molecule has 2 aromatic carbocycles. The second-order valence-electron chi connectivity index (χ2n) is 5.80. The summed E-state index contributed by atoms with van der Waals surface area (Å²) >= 11 is 1.40. The number of fused-ring (bicyclic) bond motifs is 1. The van der Waals surface area contributed by atoms with Gasteiger partial charge in [0.15, 0.2) is 0 Å². The highest BCUT2D eigenvalue weighted by molar-refractivity contribution is 7.16. The van der Waals surface area contributed by atoms with Crippen molar-refractivity contribution in [2.45, 2.75) is 6.54 Å². The van der Waals surface area contributed by atoms with Gasteiger partial charge in [-0.1, -0.05) is 18.2 Å². The second-order valence-corrected chi connectivity index (χ2v) is 6.70. The van der Waals surface area contributed by atoms with Gasteiger partial charge in [0.05, 0.1) is 11.7 Å². The fraction of sp³-hybridized carbons (Fsp3) is 0.0500. The van der Waals surface area contributed by atoms with Gasteiger partial charge in [-0.15, -0.1) is 11.3 Å². The van der Waals surface area contributed by atoms with E-state index < -0.39 is 0 Å². The van der Waals surface area contributed by atoms with Crippen LogP contribution < -0.4 is 15.6 Å². The number of anilines is 1. The van der Waals surface area contributed by atoms with E-state index in [0.717, 1.165) is 5.75 Å². The molecule has 0 saturated heterocycles. The van der Waals surface area contributed by atoms with Gasteiger partial charge < -0.3 is 10.1 Å². The van der Waals surface area contributed by atoms with Crippen LogP contribution in [0.5, 0.6) is 11.5 Å². The van der Waals surface area contributed by atoms with E-state index in [0.29, 0.717) is 21.7 Å². The maximum Gasteiger partial charge on any atom is 0.262 e. The van der Waals surface area contributed by atoms with Crippen LogP contribution in [0.4, 0.5) is 5.69 Å². The van der Waals surface area contributed by atoms with Crippen LogP contribution in [0.2, 0.25) is 0 Å². The van der Waals surface area contributed by atoms with E-state index >= 15 is 0 Å². The average molecular weight is 377 g/mol. The molecule has 1 amide bonds. The summed E-state index contributed by atoms with van der Waals surface area (Å²) < 4.78 is 7.02. The molecule has 4 rings (SSSR count). The van der Waals surface area contributed by atoms with Crippen molar-refractivity contribution in [2.24, 2.45) is 0 Å². The molecule has 134 valence electrons. The molecular formula is C20H15N3O3S. The Hall–Kier alpha value is -3.45. The molecule has 0 bridgehead atoms. The number of aromatic nitrogens is 2. The topological polar surface area (TPSA) is 73.2 Å². The monoisotopic (exact) mass is 377 g/mol. The Morgan fingerprint density at radius 1 is 1.04 bits per heavy atom. The Labute approximate surface area is 158 Å². The van der Waals surface area contributed by atoms with Gasteiger partial charge in [-0.05, 0) is 47.8 Å². The largest absolute Gasteiger partial charge is 0.457 e. The lowest BCUT2D eigenvalue weighted by atomic mass is 10.3. The first-order valence-electron chi connectivity index (χ1n) is 8.24. The molecule has 27 heavy (non-hydrogen) atoms. The van der Waals surface area contributed by atoms with E-state index in [1.54, 1.807) is 30.3 Å². The highest BCUT2D eigenvalue weighted by Crippen LogP contribution is 2.22. The molecule has 1 N–H and O–H groups in total. The Morgan fingerprint density at radius 2 is 1.78 bits per heavy atom. The summed E-state index contributed by atoms with van der Waals surface area (Å²) in [5.41, 5.74) is 0.404. The first-order chi connectivity index (χ1) is 13.2. The van der Waals surface area contributed by atoms with Crippen molar-refractivity contribution in [3.8, 4) is 11.5 Å². The Bertz CT molecular complexity index is 1130. The maximum atomic E-state index is 12.3. The summed E-state index contributed by atoms with van der Waals surface area (Å²) in [5, 5.41) is 5.10. The zero-order valence-corrected chi connectivity index (χ0v) is 15.0. The number of hydrogen-bond donors (Lipinski definition) is 1. The van der Waals surface area contributed by atoms with Crippen molar-refractivity contribution in [3.63, 3.8) is 0 Å². The van der Waals surface area contributed by atoms with Crippen LogP contribution in [-0.4, -0.2) is 15.5 Å². The summed E-state index contributed by atoms with van der Waals surface area (Å²) in [4.78, 5) is 29.5. The van der Waals surface area contributed by atoms with Crippen molar-refractivity contribution in [2.75, 3.05) is 5.32 Å². The van der Waals surface area contributed by atoms with Gasteiger partial charge in [0.2, 0.25) is 5.91 Å². The predicted octanol–water partition coefficient (Wildman–Crippen LogP) is 3.89. The minimum atomic E-state index is -0.301. The van der Waals surface area contributed by atoms with Crippen molar-refractivity contribution in [1.82, 2.24) is 9.55 Å². The zero-order chi connectivity index (χ0) is 18.6. The highest BCUT2D eigenvalue weighted by atomic mass is 32.1. The number of amides is 1. The Kier molecular flexibility index (Phi) is 4.67. The average Bonchev–Trinajstić information content (AvgIpc) is 3.16. The van der Waals surface area contributed by atoms with Gasteiger partial charge in [-0.2, -0.15) is 0 Å². The third-order valence-electron chi connectivity index (χ3n) is 3.88. The lowest BCUT2D eigenvalue weighted by molar-refractivity contribution is -0.116. The summed E-state index contributed by atoms with van der Waals surface area (Å²) in [7, 11) is 0. The summed E-state index contributed by atoms with van der Waals surface area (Å²) in [5.74, 6) is 1.11. The number of thiophene rings is 1. The van der Waals surface area contributed by atoms with Crippen LogP contribution in [0, 0.1) is 0 Å². The molecule has 7 heteroatoms. The number of rotatable bonds is 5. The van der Waals surface area contributed by atoms with Crippen LogP contribution in [-0.2, 0) is 11.3 Å². The van der Waals surface area contributed by atoms with Crippen molar-refractivity contribution < 1.29 is 9.53 Å². The summed E-state index contributed by atoms with van der Waals surface area (Å²) in [6.45, 7) is -0.0973. The predicted molar refractivity (Wildman–Crippen MR) is 105 cm³/mol. The van der Waals surface area contributed by atoms with Gasteiger partial charge in [-0.3, -0.25) is 14.2 Å². The molecule has 0 radical (unpaired) electrons. The van der Waals surface area contributed by atoms with E-state index in [4.69, 9.17) is 4.74 Å². The molecule has 6 nitrogen and oxygen atoms in total. The number of nitrogens with zero attached hydrogens (tertiary/aromatic N) is 2. The van der Waals surface area contributed by atoms with E-state index in [1.807, 2.05) is 35.7 Å². The molecule has 4 aromatic rings. The van der Waals surface area contributed by atoms with E-state index in [1.165, 1.54) is 22.2 Å². The first-order valence-corrected chi connectivity index (χ1v) is 9.12. The molecular weight excluding hydrogens is 362 g/mol. The molecule has 0 aliphatic heterocycles. The van der Waals surface area contributed by atoms with Gasteiger partial charge in [0.1, 0.15) is 22.9 Å². The first kappa shape index (κ1) is 17.0. The Balaban J connectivity index is 1.41. The SMILES string of the molecule is O=C(Cn1cnc2sccc2c1=O)Nc1ccc(Oc2ccccc2)cc1. The Morgan fingerprint density at radius 3 is 2.56 bits per heavy atom. The van der Waals surface area contributed by atoms with Crippen molar-refractivity contribution >= 4 is 33.1 Å². The molecule has 0 aliphatic rings. The molecule has 0 atom stereocenters. The molecule has 0 saturated carbocycles. The highest BCUT2D eigenvalue weighted by Gasteiger charge is 2.09. The fourth-order valence-electron chi connectivity index (χ4n) is 2.59. The van der Waals surface area contributed by atoms with Gasteiger partial charge in [-0.25, -0.2) is 4.98 Å². The van der Waals surface area contributed by atoms with Crippen molar-refractivity contribution in [1.29, 1.82) is 0 Å². The third-order valence-corrected chi connectivity index (χ3v) is 4.70. The number of benzene rings is 2. The minimum absolute atomic E-state index is 0.0973. The van der Waals surface area contributed by atoms with E-state index in [9.17, 15) is 9.59 Å². The van der Waals surface area contributed by atoms with Crippen LogP contribution in [0.25, 0.3) is 10.2 Å². The van der Waals surface area contributed by atoms with Crippen LogP contribution in [0.15, 0.2) is 77.2 Å². The molecule has 2 aromatic heterocycles. The maximum absolute atomic E-state index is 12.3. The normalized spacial score (nSPS) is 10.7. The lowest BCUT2D eigenvalue weighted by Crippen LogP contribution is -2.27. The van der Waals surface area contributed by atoms with E-state index in [2.05, 4.69) is 10.3 Å². The number of hydrogen-bond acceptors (Lipinski definition) is 5. The number of carbonyl (C=O) groups is 1. The fourth-order valence-corrected chi connectivity index (χ4v) is 3.32. The lowest BCUT2D eigenvalue weighted by Gasteiger charge is -2.09. The molecule has 0 unspecified atom stereocenters. The summed E-state index contributed by atoms with van der Waals surface area (Å²) in [6, 6.07) is 18.2. The zero-order valence-electron chi connectivity index (χ0n) is 14.2. The minimum Gasteiger partial charge on any atom is -0.457 e. The number of ether oxygens (including phenoxy) is 1. The third kappa shape index (κ3) is 3.88. The standard InChI is InChI=1S/C20H15N3O3S/c24-18(12-23-13-21-19-17(20(23)25)10-11-27-19)22-14-6-8-16(9-7-14)26-15-4-2-1-3-5-15/h1-11,13H,12H2,(H,22,24). The number of carbonyl (C=O) groups excluding carboxylic acids is 1. The number of nitrogens with one attached hydrogen (secondary N) is 1. The van der Waals surface area contributed by atoms with Crippen LogP contribution in [0.1, 0.15) is 0 Å². The van der Waals surface area contributed by atoms with Gasteiger partial charge in [0.25, 0.3) is 5.56 Å². The van der Waals surface area contributed by atoms with Gasteiger partial charge >= 0.3 is 0 Å². The molecule has 2 heterocycles. The van der Waals surface area contributed by atoms with Crippen LogP contribution >= 0.6 is 11.3 Å². The molecule has 0 spiro atoms. The molecule has 0 aliphatic carbocycles. The van der Waals surface area contributed by atoms with Crippen molar-refractivity contribution in [3.05, 3.63) is 82.7 Å². The smallest absolute Gasteiger partial charge is 0.262 e.